The van der Waals surface area contributed by atoms with Crippen LogP contribution in [0.15, 0.2) is 53.6 Å². The van der Waals surface area contributed by atoms with Crippen LogP contribution in [0.25, 0.3) is 10.9 Å². The van der Waals surface area contributed by atoms with Crippen molar-refractivity contribution in [3.05, 3.63) is 74.8 Å². The van der Waals surface area contributed by atoms with Crippen LogP contribution in [0.2, 0.25) is 0 Å². The summed E-state index contributed by atoms with van der Waals surface area (Å²) in [5.41, 5.74) is 0.606. The van der Waals surface area contributed by atoms with Gasteiger partial charge >= 0.3 is 0 Å². The van der Waals surface area contributed by atoms with E-state index in [-0.39, 0.29) is 29.0 Å². The molecule has 0 radical (unpaired) electrons. The average molecular weight is 382 g/mol. The molecule has 0 unspecified atom stereocenters. The van der Waals surface area contributed by atoms with Gasteiger partial charge in [0.2, 0.25) is 5.91 Å². The molecule has 3 rings (SSSR count). The predicted molar refractivity (Wildman–Crippen MR) is 102 cm³/mol. The van der Waals surface area contributed by atoms with Crippen molar-refractivity contribution in [2.24, 2.45) is 0 Å². The normalized spacial score (nSPS) is 10.6. The molecule has 0 aliphatic rings. The minimum atomic E-state index is -0.554. The Balaban J connectivity index is 1.66. The summed E-state index contributed by atoms with van der Waals surface area (Å²) in [7, 11) is 1.59. The van der Waals surface area contributed by atoms with Gasteiger partial charge in [-0.15, -0.1) is 0 Å². The highest BCUT2D eigenvalue weighted by atomic mass is 16.6. The lowest BCUT2D eigenvalue weighted by Crippen LogP contribution is -2.33. The van der Waals surface area contributed by atoms with Crippen LogP contribution in [0.1, 0.15) is 5.56 Å². The number of carbonyl (C=O) groups is 1. The first-order valence-electron chi connectivity index (χ1n) is 8.52. The summed E-state index contributed by atoms with van der Waals surface area (Å²) >= 11 is 0. The van der Waals surface area contributed by atoms with Crippen molar-refractivity contribution in [3.8, 4) is 5.75 Å². The van der Waals surface area contributed by atoms with Crippen LogP contribution in [0.5, 0.6) is 5.75 Å². The lowest BCUT2D eigenvalue weighted by molar-refractivity contribution is -0.384. The van der Waals surface area contributed by atoms with Crippen molar-refractivity contribution >= 4 is 22.5 Å². The molecule has 1 amide bonds. The third-order valence-electron chi connectivity index (χ3n) is 4.24. The van der Waals surface area contributed by atoms with E-state index < -0.39 is 10.5 Å². The van der Waals surface area contributed by atoms with Gasteiger partial charge in [-0.3, -0.25) is 24.3 Å². The van der Waals surface area contributed by atoms with E-state index in [1.54, 1.807) is 7.11 Å². The number of non-ortho nitro benzene ring substituents is 1. The van der Waals surface area contributed by atoms with Crippen LogP contribution in [-0.4, -0.2) is 34.0 Å². The number of carbonyl (C=O) groups excluding carboxylic acids is 1. The van der Waals surface area contributed by atoms with Crippen molar-refractivity contribution in [1.29, 1.82) is 0 Å². The Kier molecular flexibility index (Phi) is 5.64. The summed E-state index contributed by atoms with van der Waals surface area (Å²) in [6, 6.07) is 11.3. The highest BCUT2D eigenvalue weighted by molar-refractivity contribution is 5.80. The topological polar surface area (TPSA) is 116 Å². The third-order valence-corrected chi connectivity index (χ3v) is 4.24. The van der Waals surface area contributed by atoms with E-state index >= 15 is 0 Å². The maximum atomic E-state index is 12.5. The Hall–Kier alpha value is -3.75. The summed E-state index contributed by atoms with van der Waals surface area (Å²) < 4.78 is 6.44. The molecular formula is C19H18N4O5. The van der Waals surface area contributed by atoms with E-state index in [2.05, 4.69) is 10.3 Å². The smallest absolute Gasteiger partial charge is 0.271 e. The van der Waals surface area contributed by atoms with E-state index in [4.69, 9.17) is 4.74 Å². The van der Waals surface area contributed by atoms with E-state index in [1.807, 2.05) is 24.3 Å². The molecule has 0 bridgehead atoms. The fourth-order valence-corrected chi connectivity index (χ4v) is 2.83. The number of nitrogens with zero attached hydrogens (tertiary/aromatic N) is 3. The minimum absolute atomic E-state index is 0.147. The second-order valence-corrected chi connectivity index (χ2v) is 6.05. The summed E-state index contributed by atoms with van der Waals surface area (Å²) in [6.45, 7) is 0.200. The molecule has 1 aromatic heterocycles. The zero-order valence-corrected chi connectivity index (χ0v) is 15.1. The van der Waals surface area contributed by atoms with Crippen LogP contribution in [-0.2, 0) is 17.8 Å². The highest BCUT2D eigenvalue weighted by Crippen LogP contribution is 2.17. The Labute approximate surface area is 159 Å². The molecule has 0 saturated heterocycles. The van der Waals surface area contributed by atoms with Gasteiger partial charge in [0.05, 0.1) is 29.3 Å². The lowest BCUT2D eigenvalue weighted by atomic mass is 10.1. The standard InChI is InChI=1S/C19H18N4O5/c1-28-17-5-3-2-4-13(17)8-9-20-18(24)11-22-12-21-16-10-14(23(26)27)6-7-15(16)19(22)25/h2-7,10,12H,8-9,11H2,1H3,(H,20,24). The first-order chi connectivity index (χ1) is 13.5. The van der Waals surface area contributed by atoms with E-state index in [0.717, 1.165) is 11.3 Å². The molecule has 0 spiro atoms. The van der Waals surface area contributed by atoms with Crippen LogP contribution in [0.4, 0.5) is 5.69 Å². The van der Waals surface area contributed by atoms with Crippen LogP contribution < -0.4 is 15.6 Å². The molecule has 144 valence electrons. The SMILES string of the molecule is COc1ccccc1CCNC(=O)Cn1cnc2cc([N+](=O)[O-])ccc2c1=O. The number of nitro benzene ring substituents is 1. The van der Waals surface area contributed by atoms with Gasteiger partial charge in [-0.25, -0.2) is 4.98 Å². The number of para-hydroxylation sites is 1. The number of aromatic nitrogens is 2. The van der Waals surface area contributed by atoms with Gasteiger partial charge in [0.15, 0.2) is 0 Å². The quantitative estimate of drug-likeness (QED) is 0.491. The molecule has 0 atom stereocenters. The molecule has 0 aliphatic heterocycles. The second-order valence-electron chi connectivity index (χ2n) is 6.05. The van der Waals surface area contributed by atoms with Gasteiger partial charge in [-0.05, 0) is 24.1 Å². The molecule has 0 fully saturated rings. The summed E-state index contributed by atoms with van der Waals surface area (Å²) in [6.07, 6.45) is 1.80. The number of nitrogens with one attached hydrogen (secondary N) is 1. The largest absolute Gasteiger partial charge is 0.496 e. The van der Waals surface area contributed by atoms with Crippen molar-refractivity contribution in [1.82, 2.24) is 14.9 Å². The summed E-state index contributed by atoms with van der Waals surface area (Å²) in [5, 5.41) is 13.8. The first kappa shape index (κ1) is 19.0. The monoisotopic (exact) mass is 382 g/mol. The molecule has 0 aliphatic carbocycles. The zero-order chi connectivity index (χ0) is 20.1. The van der Waals surface area contributed by atoms with E-state index in [9.17, 15) is 19.7 Å². The number of amides is 1. The predicted octanol–water partition coefficient (Wildman–Crippen LogP) is 1.67. The molecule has 0 saturated carbocycles. The number of methoxy groups -OCH3 is 1. The van der Waals surface area contributed by atoms with Gasteiger partial charge in [0, 0.05) is 18.7 Å². The second kappa shape index (κ2) is 8.30. The third kappa shape index (κ3) is 4.14. The summed E-state index contributed by atoms with van der Waals surface area (Å²) in [5.74, 6) is 0.417. The lowest BCUT2D eigenvalue weighted by Gasteiger charge is -2.10. The fraction of sp³-hybridized carbons (Fsp3) is 0.211. The fourth-order valence-electron chi connectivity index (χ4n) is 2.83. The molecule has 9 nitrogen and oxygen atoms in total. The minimum Gasteiger partial charge on any atom is -0.496 e. The molecule has 2 aromatic carbocycles. The molecule has 9 heteroatoms. The maximum Gasteiger partial charge on any atom is 0.271 e. The first-order valence-corrected chi connectivity index (χ1v) is 8.52. The van der Waals surface area contributed by atoms with Gasteiger partial charge in [0.25, 0.3) is 11.2 Å². The Morgan fingerprint density at radius 2 is 2.07 bits per heavy atom. The van der Waals surface area contributed by atoms with Crippen LogP contribution in [0, 0.1) is 10.1 Å². The van der Waals surface area contributed by atoms with Crippen molar-refractivity contribution < 1.29 is 14.5 Å². The van der Waals surface area contributed by atoms with Crippen LogP contribution >= 0.6 is 0 Å². The zero-order valence-electron chi connectivity index (χ0n) is 15.1. The van der Waals surface area contributed by atoms with Gasteiger partial charge in [0.1, 0.15) is 12.3 Å². The Morgan fingerprint density at radius 1 is 1.29 bits per heavy atom. The van der Waals surface area contributed by atoms with Gasteiger partial charge in [-0.1, -0.05) is 18.2 Å². The number of hydrogen-bond acceptors (Lipinski definition) is 6. The highest BCUT2D eigenvalue weighted by Gasteiger charge is 2.12. The average Bonchev–Trinajstić information content (AvgIpc) is 2.70. The summed E-state index contributed by atoms with van der Waals surface area (Å²) in [4.78, 5) is 39.0. The molecule has 1 N–H and O–H groups in total. The number of hydrogen-bond donors (Lipinski definition) is 1. The van der Waals surface area contributed by atoms with Crippen LogP contribution in [0.3, 0.4) is 0 Å². The van der Waals surface area contributed by atoms with Crippen molar-refractivity contribution in [2.45, 2.75) is 13.0 Å². The molecule has 1 heterocycles. The number of nitro groups is 1. The number of ether oxygens (including phenoxy) is 1. The van der Waals surface area contributed by atoms with E-state index in [1.165, 1.54) is 29.1 Å². The van der Waals surface area contributed by atoms with Gasteiger partial charge in [-0.2, -0.15) is 0 Å². The number of benzene rings is 2. The molecular weight excluding hydrogens is 364 g/mol. The number of rotatable bonds is 7. The molecule has 3 aromatic rings. The van der Waals surface area contributed by atoms with E-state index in [0.29, 0.717) is 13.0 Å². The Morgan fingerprint density at radius 3 is 2.82 bits per heavy atom. The van der Waals surface area contributed by atoms with Gasteiger partial charge < -0.3 is 10.1 Å². The Bertz CT molecular complexity index is 1090. The maximum absolute atomic E-state index is 12.5. The van der Waals surface area contributed by atoms with Crippen molar-refractivity contribution in [3.63, 3.8) is 0 Å². The molecule has 28 heavy (non-hydrogen) atoms. The van der Waals surface area contributed by atoms with Crippen molar-refractivity contribution in [2.75, 3.05) is 13.7 Å². The number of fused-ring (bicyclic) bond motifs is 1.